The van der Waals surface area contributed by atoms with Crippen LogP contribution in [0.5, 0.6) is 5.75 Å². The molecule has 6 nitrogen and oxygen atoms in total. The normalized spacial score (nSPS) is 10.1. The van der Waals surface area contributed by atoms with E-state index in [-0.39, 0.29) is 17.1 Å². The van der Waals surface area contributed by atoms with Crippen LogP contribution in [0.25, 0.3) is 0 Å². The Morgan fingerprint density at radius 1 is 1.20 bits per heavy atom. The molecule has 0 spiro atoms. The van der Waals surface area contributed by atoms with E-state index in [0.29, 0.717) is 5.56 Å². The Hall–Kier alpha value is -2.89. The number of aryl methyl sites for hydroxylation is 1. The summed E-state index contributed by atoms with van der Waals surface area (Å²) in [6, 6.07) is 10.4. The number of aromatic hydroxyl groups is 1. The molecule has 2 aromatic carbocycles. The summed E-state index contributed by atoms with van der Waals surface area (Å²) in [5.41, 5.74) is 1.35. The van der Waals surface area contributed by atoms with Gasteiger partial charge in [-0.05, 0) is 25.1 Å². The number of rotatable bonds is 3. The van der Waals surface area contributed by atoms with Gasteiger partial charge in [0.15, 0.2) is 0 Å². The van der Waals surface area contributed by atoms with Crippen LogP contribution >= 0.6 is 0 Å². The third kappa shape index (κ3) is 2.92. The molecule has 0 fully saturated rings. The minimum absolute atomic E-state index is 0.126. The number of nitrogens with zero attached hydrogens (tertiary/aromatic N) is 1. The number of anilines is 1. The van der Waals surface area contributed by atoms with Gasteiger partial charge in [0, 0.05) is 11.6 Å². The molecule has 2 rings (SSSR count). The van der Waals surface area contributed by atoms with Gasteiger partial charge in [-0.3, -0.25) is 14.9 Å². The quantitative estimate of drug-likeness (QED) is 0.510. The lowest BCUT2D eigenvalue weighted by Gasteiger charge is -2.07. The van der Waals surface area contributed by atoms with Gasteiger partial charge in [-0.15, -0.1) is 0 Å². The summed E-state index contributed by atoms with van der Waals surface area (Å²) in [5, 5.41) is 22.7. The Kier molecular flexibility index (Phi) is 3.65. The summed E-state index contributed by atoms with van der Waals surface area (Å²) in [4.78, 5) is 21.9. The number of non-ortho nitro benzene ring substituents is 1. The van der Waals surface area contributed by atoms with Crippen LogP contribution in [0.2, 0.25) is 0 Å². The summed E-state index contributed by atoms with van der Waals surface area (Å²) in [7, 11) is 0. The zero-order valence-corrected chi connectivity index (χ0v) is 10.7. The zero-order chi connectivity index (χ0) is 14.7. The van der Waals surface area contributed by atoms with E-state index in [0.717, 1.165) is 11.6 Å². The van der Waals surface area contributed by atoms with Gasteiger partial charge in [-0.25, -0.2) is 0 Å². The van der Waals surface area contributed by atoms with Crippen molar-refractivity contribution in [2.45, 2.75) is 6.92 Å². The van der Waals surface area contributed by atoms with Crippen molar-refractivity contribution < 1.29 is 14.8 Å². The average Bonchev–Trinajstić information content (AvgIpc) is 2.41. The van der Waals surface area contributed by atoms with Gasteiger partial charge in [0.2, 0.25) is 0 Å². The highest BCUT2D eigenvalue weighted by Gasteiger charge is 2.13. The topological polar surface area (TPSA) is 92.5 Å². The molecule has 0 saturated heterocycles. The second-order valence-corrected chi connectivity index (χ2v) is 4.28. The summed E-state index contributed by atoms with van der Waals surface area (Å²) in [6.45, 7) is 1.91. The monoisotopic (exact) mass is 272 g/mol. The molecule has 20 heavy (non-hydrogen) atoms. The smallest absolute Gasteiger partial charge is 0.273 e. The molecule has 0 aromatic heterocycles. The number of hydrogen-bond donors (Lipinski definition) is 2. The molecule has 0 aliphatic rings. The van der Waals surface area contributed by atoms with Gasteiger partial charge >= 0.3 is 0 Å². The Labute approximate surface area is 114 Å². The number of carbonyl (C=O) groups is 1. The first-order chi connectivity index (χ1) is 9.47. The fourth-order valence-electron chi connectivity index (χ4n) is 1.64. The molecule has 0 aliphatic heterocycles. The lowest BCUT2D eigenvalue weighted by Crippen LogP contribution is -2.11. The van der Waals surface area contributed by atoms with E-state index >= 15 is 0 Å². The molecule has 0 bridgehead atoms. The molecule has 0 aliphatic carbocycles. The first kappa shape index (κ1) is 13.5. The van der Waals surface area contributed by atoms with Gasteiger partial charge in [0.05, 0.1) is 16.7 Å². The molecule has 0 atom stereocenters. The van der Waals surface area contributed by atoms with Crippen LogP contribution in [0.4, 0.5) is 11.4 Å². The van der Waals surface area contributed by atoms with E-state index in [2.05, 4.69) is 5.32 Å². The van der Waals surface area contributed by atoms with E-state index in [9.17, 15) is 20.0 Å². The molecular formula is C14H12N2O4. The number of carbonyl (C=O) groups excluding carboxylic acids is 1. The third-order valence-corrected chi connectivity index (χ3v) is 2.75. The second-order valence-electron chi connectivity index (χ2n) is 4.28. The molecule has 6 heteroatoms. The molecule has 102 valence electrons. The van der Waals surface area contributed by atoms with Crippen LogP contribution in [0.15, 0.2) is 42.5 Å². The van der Waals surface area contributed by atoms with Crippen molar-refractivity contribution in [3.63, 3.8) is 0 Å². The van der Waals surface area contributed by atoms with Gasteiger partial charge in [0.25, 0.3) is 11.6 Å². The highest BCUT2D eigenvalue weighted by atomic mass is 16.6. The lowest BCUT2D eigenvalue weighted by atomic mass is 10.1. The zero-order valence-electron chi connectivity index (χ0n) is 10.7. The Bertz CT molecular complexity index is 665. The van der Waals surface area contributed by atoms with Crippen LogP contribution < -0.4 is 5.32 Å². The molecule has 0 radical (unpaired) electrons. The Balaban J connectivity index is 2.19. The summed E-state index contributed by atoms with van der Waals surface area (Å²) in [6.07, 6.45) is 0. The Morgan fingerprint density at radius 2 is 1.85 bits per heavy atom. The van der Waals surface area contributed by atoms with Crippen LogP contribution in [-0.4, -0.2) is 15.9 Å². The van der Waals surface area contributed by atoms with Crippen LogP contribution in [0.1, 0.15) is 15.9 Å². The van der Waals surface area contributed by atoms with Gasteiger partial charge < -0.3 is 10.4 Å². The SMILES string of the molecule is Cc1ccc(C(=O)Nc2ccc([N+](=O)[O-])cc2O)cc1. The van der Waals surface area contributed by atoms with Crippen LogP contribution in [0, 0.1) is 17.0 Å². The van der Waals surface area contributed by atoms with E-state index in [1.807, 2.05) is 6.92 Å². The number of phenolic OH excluding ortho intramolecular Hbond substituents is 1. The van der Waals surface area contributed by atoms with Crippen molar-refractivity contribution in [1.29, 1.82) is 0 Å². The summed E-state index contributed by atoms with van der Waals surface area (Å²) in [5.74, 6) is -0.742. The second kappa shape index (κ2) is 5.40. The maximum atomic E-state index is 11.9. The van der Waals surface area contributed by atoms with Crippen molar-refractivity contribution >= 4 is 17.3 Å². The number of phenols is 1. The molecule has 0 saturated carbocycles. The van der Waals surface area contributed by atoms with Crippen molar-refractivity contribution in [3.05, 3.63) is 63.7 Å². The maximum absolute atomic E-state index is 11.9. The minimum atomic E-state index is -0.620. The van der Waals surface area contributed by atoms with Crippen molar-refractivity contribution in [2.24, 2.45) is 0 Å². The fourth-order valence-corrected chi connectivity index (χ4v) is 1.64. The Morgan fingerprint density at radius 3 is 2.40 bits per heavy atom. The highest BCUT2D eigenvalue weighted by molar-refractivity contribution is 6.05. The fraction of sp³-hybridized carbons (Fsp3) is 0.0714. The number of amides is 1. The minimum Gasteiger partial charge on any atom is -0.506 e. The molecule has 0 heterocycles. The third-order valence-electron chi connectivity index (χ3n) is 2.75. The summed E-state index contributed by atoms with van der Waals surface area (Å²) < 4.78 is 0. The number of hydrogen-bond acceptors (Lipinski definition) is 4. The molecule has 1 amide bonds. The maximum Gasteiger partial charge on any atom is 0.273 e. The molecule has 2 aromatic rings. The first-order valence-corrected chi connectivity index (χ1v) is 5.83. The molecule has 2 N–H and O–H groups in total. The largest absolute Gasteiger partial charge is 0.506 e. The number of nitrogens with one attached hydrogen (secondary N) is 1. The summed E-state index contributed by atoms with van der Waals surface area (Å²) >= 11 is 0. The molecular weight excluding hydrogens is 260 g/mol. The molecule has 0 unspecified atom stereocenters. The van der Waals surface area contributed by atoms with Crippen molar-refractivity contribution in [3.8, 4) is 5.75 Å². The van der Waals surface area contributed by atoms with E-state index in [1.54, 1.807) is 24.3 Å². The average molecular weight is 272 g/mol. The van der Waals surface area contributed by atoms with Gasteiger partial charge in [-0.1, -0.05) is 17.7 Å². The predicted octanol–water partition coefficient (Wildman–Crippen LogP) is 2.86. The highest BCUT2D eigenvalue weighted by Crippen LogP contribution is 2.28. The first-order valence-electron chi connectivity index (χ1n) is 5.83. The van der Waals surface area contributed by atoms with Crippen molar-refractivity contribution in [1.82, 2.24) is 0 Å². The van der Waals surface area contributed by atoms with E-state index in [1.165, 1.54) is 12.1 Å². The van der Waals surface area contributed by atoms with E-state index in [4.69, 9.17) is 0 Å². The van der Waals surface area contributed by atoms with Gasteiger partial charge in [-0.2, -0.15) is 0 Å². The van der Waals surface area contributed by atoms with Crippen LogP contribution in [0.3, 0.4) is 0 Å². The number of nitro groups is 1. The van der Waals surface area contributed by atoms with Crippen LogP contribution in [-0.2, 0) is 0 Å². The van der Waals surface area contributed by atoms with Crippen molar-refractivity contribution in [2.75, 3.05) is 5.32 Å². The number of benzene rings is 2. The lowest BCUT2D eigenvalue weighted by molar-refractivity contribution is -0.384. The standard InChI is InChI=1S/C14H12N2O4/c1-9-2-4-10(5-3-9)14(18)15-12-7-6-11(16(19)20)8-13(12)17/h2-8,17H,1H3,(H,15,18). The number of nitro benzene ring substituents is 1. The van der Waals surface area contributed by atoms with E-state index < -0.39 is 10.8 Å². The van der Waals surface area contributed by atoms with Gasteiger partial charge in [0.1, 0.15) is 5.75 Å². The predicted molar refractivity (Wildman–Crippen MR) is 73.9 cm³/mol.